The van der Waals surface area contributed by atoms with Crippen molar-refractivity contribution in [1.82, 2.24) is 5.32 Å². The Kier molecular flexibility index (Phi) is 6.04. The number of nitrogens with one attached hydrogen (secondary N) is 2. The van der Waals surface area contributed by atoms with E-state index in [9.17, 15) is 18.0 Å². The maximum Gasteiger partial charge on any atom is 0.418 e. The number of alkyl halides is 3. The van der Waals surface area contributed by atoms with Crippen LogP contribution in [0.1, 0.15) is 18.9 Å². The number of urea groups is 1. The minimum absolute atomic E-state index is 0.282. The number of amides is 2. The van der Waals surface area contributed by atoms with Crippen LogP contribution in [0, 0.1) is 0 Å². The lowest BCUT2D eigenvalue weighted by Gasteiger charge is -2.20. The fourth-order valence-corrected chi connectivity index (χ4v) is 1.77. The Morgan fingerprint density at radius 2 is 2.00 bits per heavy atom. The zero-order valence-corrected chi connectivity index (χ0v) is 12.7. The monoisotopic (exact) mass is 319 g/mol. The quantitative estimate of drug-likeness (QED) is 0.782. The summed E-state index contributed by atoms with van der Waals surface area (Å²) in [6.07, 6.45) is -4.12. The summed E-state index contributed by atoms with van der Waals surface area (Å²) < 4.78 is 39.3. The molecule has 8 heteroatoms. The molecule has 5 nitrogen and oxygen atoms in total. The first-order valence-corrected chi connectivity index (χ1v) is 6.76. The largest absolute Gasteiger partial charge is 0.418 e. The van der Waals surface area contributed by atoms with Gasteiger partial charge in [0, 0.05) is 19.8 Å². The third-order valence-corrected chi connectivity index (χ3v) is 3.12. The van der Waals surface area contributed by atoms with Crippen LogP contribution in [0.5, 0.6) is 0 Å². The summed E-state index contributed by atoms with van der Waals surface area (Å²) in [6.45, 7) is 1.46. The molecular weight excluding hydrogens is 299 g/mol. The van der Waals surface area contributed by atoms with Gasteiger partial charge in [-0.1, -0.05) is 6.92 Å². The molecule has 0 radical (unpaired) electrons. The summed E-state index contributed by atoms with van der Waals surface area (Å²) in [7, 11) is 3.25. The fourth-order valence-electron chi connectivity index (χ4n) is 1.77. The highest BCUT2D eigenvalue weighted by atomic mass is 19.4. The molecule has 0 fully saturated rings. The molecule has 1 atom stereocenters. The Labute approximate surface area is 127 Å². The topological polar surface area (TPSA) is 64.6 Å². The number of hydrogen-bond donors (Lipinski definition) is 3. The molecule has 0 aromatic heterocycles. The average molecular weight is 319 g/mol. The van der Waals surface area contributed by atoms with Crippen LogP contribution in [0.3, 0.4) is 0 Å². The standard InChI is InChI=1S/C14H20F3N3O2/c1-4-9(8-21)18-13(22)19-12-6-5-10(20(2)3)7-11(12)14(15,16)17/h5-7,9,21H,4,8H2,1-3H3,(H2,18,19,22). The van der Waals surface area contributed by atoms with E-state index in [0.29, 0.717) is 12.1 Å². The second-order valence-electron chi connectivity index (χ2n) is 5.01. The van der Waals surface area contributed by atoms with Crippen LogP contribution >= 0.6 is 0 Å². The fraction of sp³-hybridized carbons (Fsp3) is 0.500. The smallest absolute Gasteiger partial charge is 0.394 e. The van der Waals surface area contributed by atoms with Gasteiger partial charge in [-0.05, 0) is 24.6 Å². The molecule has 0 aliphatic rings. The lowest BCUT2D eigenvalue weighted by atomic mass is 10.1. The molecule has 0 saturated heterocycles. The number of nitrogens with zero attached hydrogens (tertiary/aromatic N) is 1. The van der Waals surface area contributed by atoms with Gasteiger partial charge in [0.05, 0.1) is 23.9 Å². The van der Waals surface area contributed by atoms with Gasteiger partial charge in [-0.3, -0.25) is 0 Å². The van der Waals surface area contributed by atoms with Gasteiger partial charge < -0.3 is 20.6 Å². The van der Waals surface area contributed by atoms with Gasteiger partial charge in [-0.15, -0.1) is 0 Å². The first-order chi connectivity index (χ1) is 10.2. The third-order valence-electron chi connectivity index (χ3n) is 3.12. The van der Waals surface area contributed by atoms with Crippen molar-refractivity contribution in [2.45, 2.75) is 25.6 Å². The normalized spacial score (nSPS) is 12.7. The highest BCUT2D eigenvalue weighted by Crippen LogP contribution is 2.37. The molecule has 0 spiro atoms. The number of benzene rings is 1. The molecule has 0 bridgehead atoms. The number of carbonyl (C=O) groups excluding carboxylic acids is 1. The van der Waals surface area contributed by atoms with Gasteiger partial charge >= 0.3 is 12.2 Å². The van der Waals surface area contributed by atoms with Crippen molar-refractivity contribution >= 4 is 17.4 Å². The zero-order chi connectivity index (χ0) is 16.9. The predicted octanol–water partition coefficient (Wildman–Crippen LogP) is 2.66. The van der Waals surface area contributed by atoms with Crippen molar-refractivity contribution in [2.75, 3.05) is 30.9 Å². The maximum atomic E-state index is 13.1. The minimum Gasteiger partial charge on any atom is -0.394 e. The SMILES string of the molecule is CCC(CO)NC(=O)Nc1ccc(N(C)C)cc1C(F)(F)F. The summed E-state index contributed by atoms with van der Waals surface area (Å²) in [4.78, 5) is 13.3. The Bertz CT molecular complexity index is 515. The predicted molar refractivity (Wildman–Crippen MR) is 79.1 cm³/mol. The van der Waals surface area contributed by atoms with E-state index in [1.807, 2.05) is 0 Å². The molecule has 0 saturated carbocycles. The number of anilines is 2. The minimum atomic E-state index is -4.59. The van der Waals surface area contributed by atoms with Crippen molar-refractivity contribution in [1.29, 1.82) is 0 Å². The van der Waals surface area contributed by atoms with Crippen molar-refractivity contribution in [3.8, 4) is 0 Å². The molecule has 1 unspecified atom stereocenters. The molecular formula is C14H20F3N3O2. The Morgan fingerprint density at radius 3 is 2.45 bits per heavy atom. The van der Waals surface area contributed by atoms with Crippen LogP contribution in [-0.4, -0.2) is 37.9 Å². The Balaban J connectivity index is 3.01. The second kappa shape index (κ2) is 7.35. The summed E-state index contributed by atoms with van der Waals surface area (Å²) in [5.74, 6) is 0. The lowest BCUT2D eigenvalue weighted by Crippen LogP contribution is -2.40. The molecule has 0 heterocycles. The highest BCUT2D eigenvalue weighted by molar-refractivity contribution is 5.90. The molecule has 22 heavy (non-hydrogen) atoms. The molecule has 124 valence electrons. The van der Waals surface area contributed by atoms with Gasteiger partial charge in [0.2, 0.25) is 0 Å². The number of aliphatic hydroxyl groups excluding tert-OH is 1. The molecule has 2 amide bonds. The van der Waals surface area contributed by atoms with Gasteiger partial charge in [-0.25, -0.2) is 4.79 Å². The van der Waals surface area contributed by atoms with E-state index >= 15 is 0 Å². The number of hydrogen-bond acceptors (Lipinski definition) is 3. The second-order valence-corrected chi connectivity index (χ2v) is 5.01. The van der Waals surface area contributed by atoms with Crippen LogP contribution in [0.25, 0.3) is 0 Å². The lowest BCUT2D eigenvalue weighted by molar-refractivity contribution is -0.136. The van der Waals surface area contributed by atoms with Crippen LogP contribution in [0.15, 0.2) is 18.2 Å². The summed E-state index contributed by atoms with van der Waals surface area (Å²) in [6, 6.07) is 2.37. The molecule has 3 N–H and O–H groups in total. The van der Waals surface area contributed by atoms with Crippen LogP contribution in [0.4, 0.5) is 29.3 Å². The maximum absolute atomic E-state index is 13.1. The van der Waals surface area contributed by atoms with Crippen molar-refractivity contribution in [3.05, 3.63) is 23.8 Å². The van der Waals surface area contributed by atoms with E-state index in [1.54, 1.807) is 21.0 Å². The molecule has 0 aliphatic carbocycles. The number of aliphatic hydroxyl groups is 1. The molecule has 1 aromatic carbocycles. The average Bonchev–Trinajstić information content (AvgIpc) is 2.43. The number of halogens is 3. The van der Waals surface area contributed by atoms with Gasteiger partial charge in [0.25, 0.3) is 0 Å². The molecule has 1 aromatic rings. The van der Waals surface area contributed by atoms with E-state index in [0.717, 1.165) is 6.07 Å². The van der Waals surface area contributed by atoms with Crippen molar-refractivity contribution in [2.24, 2.45) is 0 Å². The Hall–Kier alpha value is -1.96. The van der Waals surface area contributed by atoms with E-state index in [-0.39, 0.29) is 12.3 Å². The van der Waals surface area contributed by atoms with Gasteiger partial charge in [0.1, 0.15) is 0 Å². The van der Waals surface area contributed by atoms with Crippen LogP contribution < -0.4 is 15.5 Å². The van der Waals surface area contributed by atoms with E-state index in [1.165, 1.54) is 17.0 Å². The summed E-state index contributed by atoms with van der Waals surface area (Å²) >= 11 is 0. The molecule has 0 aliphatic heterocycles. The molecule has 1 rings (SSSR count). The van der Waals surface area contributed by atoms with E-state index in [2.05, 4.69) is 10.6 Å². The van der Waals surface area contributed by atoms with Crippen molar-refractivity contribution < 1.29 is 23.1 Å². The summed E-state index contributed by atoms with van der Waals surface area (Å²) in [5, 5.41) is 13.6. The first-order valence-electron chi connectivity index (χ1n) is 6.76. The number of carbonyl (C=O) groups is 1. The van der Waals surface area contributed by atoms with Crippen LogP contribution in [-0.2, 0) is 6.18 Å². The van der Waals surface area contributed by atoms with E-state index in [4.69, 9.17) is 5.11 Å². The number of rotatable bonds is 5. The van der Waals surface area contributed by atoms with Gasteiger partial charge in [-0.2, -0.15) is 13.2 Å². The zero-order valence-electron chi connectivity index (χ0n) is 12.7. The van der Waals surface area contributed by atoms with Crippen molar-refractivity contribution in [3.63, 3.8) is 0 Å². The van der Waals surface area contributed by atoms with Gasteiger partial charge in [0.15, 0.2) is 0 Å². The third kappa shape index (κ3) is 4.80. The summed E-state index contributed by atoms with van der Waals surface area (Å²) in [5.41, 5.74) is -0.880. The van der Waals surface area contributed by atoms with Crippen LogP contribution in [0.2, 0.25) is 0 Å². The van der Waals surface area contributed by atoms with E-state index < -0.39 is 23.8 Å². The first kappa shape index (κ1) is 18.1. The Morgan fingerprint density at radius 1 is 1.36 bits per heavy atom. The highest BCUT2D eigenvalue weighted by Gasteiger charge is 2.34.